The van der Waals surface area contributed by atoms with E-state index in [1.54, 1.807) is 0 Å². The number of aliphatic hydroxyl groups is 1. The third-order valence-electron chi connectivity index (χ3n) is 13.0. The van der Waals surface area contributed by atoms with E-state index in [2.05, 4.69) is 61.5 Å². The van der Waals surface area contributed by atoms with Crippen LogP contribution in [0.3, 0.4) is 0 Å². The van der Waals surface area contributed by atoms with Gasteiger partial charge in [0, 0.05) is 0 Å². The first-order chi connectivity index (χ1) is 14.2. The molecule has 0 aromatic rings. The first-order valence-electron chi connectivity index (χ1n) is 13.6. The molecule has 0 aromatic carbocycles. The Morgan fingerprint density at radius 1 is 0.774 bits per heavy atom. The third-order valence-corrected chi connectivity index (χ3v) is 13.0. The fourth-order valence-electron chi connectivity index (χ4n) is 10.5. The molecule has 0 heterocycles. The fraction of sp³-hybridized carbons (Fsp3) is 0.933. The van der Waals surface area contributed by atoms with Crippen molar-refractivity contribution in [3.8, 4) is 0 Å². The minimum Gasteiger partial charge on any atom is -0.393 e. The zero-order valence-corrected chi connectivity index (χ0v) is 21.9. The van der Waals surface area contributed by atoms with Crippen molar-refractivity contribution < 1.29 is 5.11 Å². The lowest BCUT2D eigenvalue weighted by atomic mass is 9.33. The number of hydrogen-bond acceptors (Lipinski definition) is 1. The van der Waals surface area contributed by atoms with Crippen LogP contribution >= 0.6 is 0 Å². The molecule has 4 saturated carbocycles. The van der Waals surface area contributed by atoms with Gasteiger partial charge in [0.25, 0.3) is 0 Å². The largest absolute Gasteiger partial charge is 0.393 e. The first-order valence-corrected chi connectivity index (χ1v) is 13.6. The lowest BCUT2D eigenvalue weighted by Crippen LogP contribution is -2.64. The van der Waals surface area contributed by atoms with Gasteiger partial charge in [0.1, 0.15) is 0 Å². The van der Waals surface area contributed by atoms with Crippen LogP contribution in [0.1, 0.15) is 120 Å². The van der Waals surface area contributed by atoms with Crippen LogP contribution in [0.5, 0.6) is 0 Å². The van der Waals surface area contributed by atoms with Gasteiger partial charge in [0.2, 0.25) is 0 Å². The van der Waals surface area contributed by atoms with Gasteiger partial charge in [-0.25, -0.2) is 0 Å². The normalized spacial score (nSPS) is 55.2. The maximum atomic E-state index is 10.9. The van der Waals surface area contributed by atoms with Crippen molar-refractivity contribution in [2.45, 2.75) is 126 Å². The van der Waals surface area contributed by atoms with Crippen LogP contribution < -0.4 is 0 Å². The summed E-state index contributed by atoms with van der Waals surface area (Å²) in [7, 11) is 0. The van der Waals surface area contributed by atoms with Crippen LogP contribution in [0.2, 0.25) is 0 Å². The average Bonchev–Trinajstić information content (AvgIpc) is 2.67. The molecule has 1 nitrogen and oxygen atoms in total. The van der Waals surface area contributed by atoms with Gasteiger partial charge in [0.15, 0.2) is 0 Å². The van der Waals surface area contributed by atoms with E-state index >= 15 is 0 Å². The highest BCUT2D eigenvalue weighted by Crippen LogP contribution is 2.75. The molecular weight excluding hydrogens is 376 g/mol. The Morgan fingerprint density at radius 3 is 2.16 bits per heavy atom. The summed E-state index contributed by atoms with van der Waals surface area (Å²) in [6.45, 7) is 20.4. The SMILES string of the molecule is CC1(C)CC[C@@]2(C)CC[C@]3(C)C(=CC[C@@H]4[C@@]5(C)CC[C@H](O)C(C)(C)[C@@H]5CC[C@]43C)[C@H]2C1. The monoisotopic (exact) mass is 426 g/mol. The molecule has 0 saturated heterocycles. The summed E-state index contributed by atoms with van der Waals surface area (Å²) in [6, 6.07) is 0. The zero-order chi connectivity index (χ0) is 22.7. The maximum Gasteiger partial charge on any atom is 0.0594 e. The van der Waals surface area contributed by atoms with Gasteiger partial charge >= 0.3 is 0 Å². The number of aliphatic hydroxyl groups excluding tert-OH is 1. The van der Waals surface area contributed by atoms with E-state index in [0.717, 1.165) is 18.3 Å². The molecule has 0 aliphatic heterocycles. The van der Waals surface area contributed by atoms with Crippen LogP contribution in [-0.2, 0) is 0 Å². The Labute approximate surface area is 192 Å². The van der Waals surface area contributed by atoms with Crippen LogP contribution in [0.25, 0.3) is 0 Å². The van der Waals surface area contributed by atoms with E-state index in [9.17, 15) is 5.11 Å². The molecule has 4 fully saturated rings. The second kappa shape index (κ2) is 6.43. The van der Waals surface area contributed by atoms with E-state index in [1.165, 1.54) is 57.8 Å². The van der Waals surface area contributed by atoms with Gasteiger partial charge in [-0.15, -0.1) is 0 Å². The molecule has 8 atom stereocenters. The van der Waals surface area contributed by atoms with E-state index in [1.807, 2.05) is 5.57 Å². The molecule has 176 valence electrons. The average molecular weight is 427 g/mol. The lowest BCUT2D eigenvalue weighted by Gasteiger charge is -2.71. The zero-order valence-electron chi connectivity index (χ0n) is 21.9. The van der Waals surface area contributed by atoms with Crippen LogP contribution in [0.4, 0.5) is 0 Å². The molecule has 0 radical (unpaired) electrons. The van der Waals surface area contributed by atoms with Crippen LogP contribution in [0, 0.1) is 50.2 Å². The van der Waals surface area contributed by atoms with E-state index in [-0.39, 0.29) is 11.5 Å². The lowest BCUT2D eigenvalue weighted by molar-refractivity contribution is -0.202. The molecule has 0 amide bonds. The van der Waals surface area contributed by atoms with Gasteiger partial charge < -0.3 is 5.11 Å². The number of allylic oxidation sites excluding steroid dienone is 2. The summed E-state index contributed by atoms with van der Waals surface area (Å²) < 4.78 is 0. The van der Waals surface area contributed by atoms with E-state index < -0.39 is 0 Å². The first kappa shape index (κ1) is 22.5. The highest BCUT2D eigenvalue weighted by Gasteiger charge is 2.67. The van der Waals surface area contributed by atoms with Gasteiger partial charge in [-0.2, -0.15) is 0 Å². The van der Waals surface area contributed by atoms with Crippen LogP contribution in [-0.4, -0.2) is 11.2 Å². The number of hydrogen-bond donors (Lipinski definition) is 1. The highest BCUT2D eigenvalue weighted by atomic mass is 16.3. The van der Waals surface area contributed by atoms with Crippen LogP contribution in [0.15, 0.2) is 11.6 Å². The van der Waals surface area contributed by atoms with E-state index in [4.69, 9.17) is 0 Å². The second-order valence-electron chi connectivity index (χ2n) is 15.2. The molecule has 0 bridgehead atoms. The Morgan fingerprint density at radius 2 is 1.45 bits per heavy atom. The summed E-state index contributed by atoms with van der Waals surface area (Å²) in [6.07, 6.45) is 15.9. The topological polar surface area (TPSA) is 20.2 Å². The summed E-state index contributed by atoms with van der Waals surface area (Å²) >= 11 is 0. The van der Waals surface area contributed by atoms with Crippen molar-refractivity contribution in [1.82, 2.24) is 0 Å². The maximum absolute atomic E-state index is 10.9. The summed E-state index contributed by atoms with van der Waals surface area (Å²) in [5, 5.41) is 10.9. The smallest absolute Gasteiger partial charge is 0.0594 e. The number of rotatable bonds is 0. The van der Waals surface area contributed by atoms with Crippen molar-refractivity contribution in [2.24, 2.45) is 50.2 Å². The third kappa shape index (κ3) is 2.77. The molecule has 5 aliphatic rings. The fourth-order valence-corrected chi connectivity index (χ4v) is 10.5. The summed E-state index contributed by atoms with van der Waals surface area (Å²) in [5.41, 5.74) is 4.09. The van der Waals surface area contributed by atoms with Crippen molar-refractivity contribution in [3.63, 3.8) is 0 Å². The molecule has 0 spiro atoms. The Balaban J connectivity index is 1.57. The Bertz CT molecular complexity index is 790. The molecule has 5 rings (SSSR count). The standard InChI is InChI=1S/C30H50O/c1-25(2)15-16-27(5)17-18-29(7)20(21(27)19-25)9-10-23-28(6)13-12-24(31)26(3,4)22(28)11-14-30(23,29)8/h9,21-24,31H,10-19H2,1-8H3/t21-,22+,23-,24+,27+,28+,29-,30-/m1/s1. The van der Waals surface area contributed by atoms with Crippen molar-refractivity contribution in [2.75, 3.05) is 0 Å². The van der Waals surface area contributed by atoms with Gasteiger partial charge in [0.05, 0.1) is 6.10 Å². The molecular formula is C30H50O. The minimum absolute atomic E-state index is 0.0533. The van der Waals surface area contributed by atoms with Gasteiger partial charge in [-0.3, -0.25) is 0 Å². The van der Waals surface area contributed by atoms with E-state index in [0.29, 0.717) is 33.0 Å². The van der Waals surface area contributed by atoms with Crippen molar-refractivity contribution in [3.05, 3.63) is 11.6 Å². The predicted molar refractivity (Wildman–Crippen MR) is 131 cm³/mol. The summed E-state index contributed by atoms with van der Waals surface area (Å²) in [5.74, 6) is 2.21. The molecule has 1 heteroatoms. The molecule has 0 aromatic heterocycles. The molecule has 5 aliphatic carbocycles. The molecule has 31 heavy (non-hydrogen) atoms. The molecule has 1 N–H and O–H groups in total. The van der Waals surface area contributed by atoms with Crippen molar-refractivity contribution >= 4 is 0 Å². The Hall–Kier alpha value is -0.300. The Kier molecular flexibility index (Phi) is 4.66. The van der Waals surface area contributed by atoms with Gasteiger partial charge in [-0.1, -0.05) is 67.0 Å². The predicted octanol–water partition coefficient (Wildman–Crippen LogP) is 8.17. The van der Waals surface area contributed by atoms with Gasteiger partial charge in [-0.05, 0) is 114 Å². The number of fused-ring (bicyclic) bond motifs is 7. The minimum atomic E-state index is -0.125. The molecule has 0 unspecified atom stereocenters. The van der Waals surface area contributed by atoms with Crippen molar-refractivity contribution in [1.29, 1.82) is 0 Å². The second-order valence-corrected chi connectivity index (χ2v) is 15.2. The summed E-state index contributed by atoms with van der Waals surface area (Å²) in [4.78, 5) is 0. The quantitative estimate of drug-likeness (QED) is 0.387. The highest BCUT2D eigenvalue weighted by molar-refractivity contribution is 5.33.